The van der Waals surface area contributed by atoms with Gasteiger partial charge in [-0.3, -0.25) is 0 Å². The molecular formula is C11H13Cl2. The third kappa shape index (κ3) is 3.58. The van der Waals surface area contributed by atoms with Crippen LogP contribution in [0, 0.1) is 12.3 Å². The van der Waals surface area contributed by atoms with Gasteiger partial charge in [0.1, 0.15) is 0 Å². The highest BCUT2D eigenvalue weighted by atomic mass is 35.5. The van der Waals surface area contributed by atoms with Gasteiger partial charge in [0.15, 0.2) is 0 Å². The monoisotopic (exact) mass is 215 g/mol. The first-order chi connectivity index (χ1) is 6.09. The van der Waals surface area contributed by atoms with Gasteiger partial charge in [0, 0.05) is 10.0 Å². The van der Waals surface area contributed by atoms with Crippen molar-refractivity contribution in [1.82, 2.24) is 0 Å². The van der Waals surface area contributed by atoms with E-state index in [0.717, 1.165) is 17.0 Å². The van der Waals surface area contributed by atoms with Crippen molar-refractivity contribution in [3.8, 4) is 0 Å². The van der Waals surface area contributed by atoms with E-state index < -0.39 is 0 Å². The molecule has 0 aromatic heterocycles. The predicted molar refractivity (Wildman–Crippen MR) is 59.3 cm³/mol. The third-order valence-electron chi connectivity index (χ3n) is 1.77. The van der Waals surface area contributed by atoms with E-state index in [9.17, 15) is 0 Å². The Morgan fingerprint density at radius 3 is 2.54 bits per heavy atom. The molecule has 0 nitrogen and oxygen atoms in total. The minimum absolute atomic E-state index is 0.659. The van der Waals surface area contributed by atoms with Crippen molar-refractivity contribution < 1.29 is 0 Å². The average molecular weight is 216 g/mol. The van der Waals surface area contributed by atoms with Crippen LogP contribution in [0.2, 0.25) is 10.0 Å². The van der Waals surface area contributed by atoms with E-state index in [1.807, 2.05) is 12.1 Å². The van der Waals surface area contributed by atoms with Gasteiger partial charge in [-0.1, -0.05) is 43.1 Å². The van der Waals surface area contributed by atoms with Gasteiger partial charge in [-0.05, 0) is 36.5 Å². The van der Waals surface area contributed by atoms with E-state index in [2.05, 4.69) is 20.3 Å². The Kier molecular flexibility index (Phi) is 4.08. The highest BCUT2D eigenvalue weighted by Gasteiger charge is 2.02. The van der Waals surface area contributed by atoms with Gasteiger partial charge in [-0.2, -0.15) is 0 Å². The second kappa shape index (κ2) is 4.88. The highest BCUT2D eigenvalue weighted by molar-refractivity contribution is 6.35. The molecule has 71 valence electrons. The van der Waals surface area contributed by atoms with Crippen LogP contribution in [0.1, 0.15) is 25.8 Å². The Morgan fingerprint density at radius 1 is 1.31 bits per heavy atom. The van der Waals surface area contributed by atoms with Crippen LogP contribution in [-0.4, -0.2) is 0 Å². The fourth-order valence-corrected chi connectivity index (χ4v) is 1.52. The molecule has 1 radical (unpaired) electrons. The fourth-order valence-electron chi connectivity index (χ4n) is 1.03. The SMILES string of the molecule is CC(C)C[CH]c1ccc(Cl)cc1Cl. The van der Waals surface area contributed by atoms with Crippen LogP contribution in [-0.2, 0) is 0 Å². The smallest absolute Gasteiger partial charge is 0.0455 e. The van der Waals surface area contributed by atoms with E-state index in [1.54, 1.807) is 6.07 Å². The summed E-state index contributed by atoms with van der Waals surface area (Å²) in [6.45, 7) is 4.36. The van der Waals surface area contributed by atoms with Crippen molar-refractivity contribution in [2.45, 2.75) is 20.3 Å². The first-order valence-electron chi connectivity index (χ1n) is 4.38. The molecular weight excluding hydrogens is 203 g/mol. The van der Waals surface area contributed by atoms with E-state index in [-0.39, 0.29) is 0 Å². The summed E-state index contributed by atoms with van der Waals surface area (Å²) in [4.78, 5) is 0. The zero-order chi connectivity index (χ0) is 9.84. The van der Waals surface area contributed by atoms with Gasteiger partial charge in [0.25, 0.3) is 0 Å². The molecule has 0 N–H and O–H groups in total. The maximum atomic E-state index is 6.00. The lowest BCUT2D eigenvalue weighted by Crippen LogP contribution is -1.90. The first-order valence-corrected chi connectivity index (χ1v) is 5.13. The number of rotatable bonds is 3. The summed E-state index contributed by atoms with van der Waals surface area (Å²) in [5.74, 6) is 0.659. The summed E-state index contributed by atoms with van der Waals surface area (Å²) in [5.41, 5.74) is 1.07. The summed E-state index contributed by atoms with van der Waals surface area (Å²) in [6, 6.07) is 5.59. The van der Waals surface area contributed by atoms with E-state index in [4.69, 9.17) is 23.2 Å². The lowest BCUT2D eigenvalue weighted by atomic mass is 10.0. The van der Waals surface area contributed by atoms with Gasteiger partial charge in [0.05, 0.1) is 0 Å². The van der Waals surface area contributed by atoms with Gasteiger partial charge >= 0.3 is 0 Å². The van der Waals surface area contributed by atoms with Crippen molar-refractivity contribution in [3.63, 3.8) is 0 Å². The van der Waals surface area contributed by atoms with Crippen molar-refractivity contribution in [2.75, 3.05) is 0 Å². The fraction of sp³-hybridized carbons (Fsp3) is 0.364. The molecule has 1 aromatic rings. The molecule has 0 aliphatic rings. The molecule has 0 fully saturated rings. The third-order valence-corrected chi connectivity index (χ3v) is 2.33. The minimum Gasteiger partial charge on any atom is -0.0843 e. The molecule has 0 spiro atoms. The molecule has 13 heavy (non-hydrogen) atoms. The summed E-state index contributed by atoms with van der Waals surface area (Å²) < 4.78 is 0. The molecule has 0 bridgehead atoms. The lowest BCUT2D eigenvalue weighted by molar-refractivity contribution is 0.644. The molecule has 0 saturated carbocycles. The molecule has 0 saturated heterocycles. The van der Waals surface area contributed by atoms with Crippen molar-refractivity contribution in [2.24, 2.45) is 5.92 Å². The standard InChI is InChI=1S/C11H13Cl2/c1-8(2)3-4-9-5-6-10(12)7-11(9)13/h4-8H,3H2,1-2H3. The van der Waals surface area contributed by atoms with Crippen LogP contribution < -0.4 is 0 Å². The van der Waals surface area contributed by atoms with Crippen molar-refractivity contribution in [1.29, 1.82) is 0 Å². The second-order valence-corrected chi connectivity index (χ2v) is 4.34. The maximum absolute atomic E-state index is 6.00. The molecule has 0 heterocycles. The molecule has 1 aromatic carbocycles. The Morgan fingerprint density at radius 2 is 2.00 bits per heavy atom. The lowest BCUT2D eigenvalue weighted by Gasteiger charge is -2.06. The Labute approximate surface area is 89.9 Å². The van der Waals surface area contributed by atoms with Crippen LogP contribution in [0.3, 0.4) is 0 Å². The summed E-state index contributed by atoms with van der Waals surface area (Å²) >= 11 is 11.8. The number of halogens is 2. The molecule has 1 rings (SSSR count). The van der Waals surface area contributed by atoms with Crippen LogP contribution in [0.25, 0.3) is 0 Å². The molecule has 0 atom stereocenters. The molecule has 0 amide bonds. The average Bonchev–Trinajstić information content (AvgIpc) is 2.02. The Hall–Kier alpha value is -0.200. The molecule has 0 aliphatic heterocycles. The zero-order valence-electron chi connectivity index (χ0n) is 7.85. The molecule has 2 heteroatoms. The van der Waals surface area contributed by atoms with Crippen molar-refractivity contribution in [3.05, 3.63) is 40.2 Å². The summed E-state index contributed by atoms with van der Waals surface area (Å²) in [5, 5.41) is 1.42. The topological polar surface area (TPSA) is 0 Å². The Balaban J connectivity index is 2.67. The van der Waals surface area contributed by atoms with Gasteiger partial charge < -0.3 is 0 Å². The minimum atomic E-state index is 0.659. The van der Waals surface area contributed by atoms with Crippen LogP contribution in [0.5, 0.6) is 0 Å². The van der Waals surface area contributed by atoms with Crippen LogP contribution in [0.4, 0.5) is 0 Å². The van der Waals surface area contributed by atoms with Gasteiger partial charge in [-0.25, -0.2) is 0 Å². The maximum Gasteiger partial charge on any atom is 0.0455 e. The number of hydrogen-bond donors (Lipinski definition) is 0. The summed E-state index contributed by atoms with van der Waals surface area (Å²) in [6.07, 6.45) is 3.19. The van der Waals surface area contributed by atoms with Crippen LogP contribution in [0.15, 0.2) is 18.2 Å². The second-order valence-electron chi connectivity index (χ2n) is 3.50. The number of hydrogen-bond acceptors (Lipinski definition) is 0. The molecule has 0 unspecified atom stereocenters. The quantitative estimate of drug-likeness (QED) is 0.693. The van der Waals surface area contributed by atoms with E-state index >= 15 is 0 Å². The first kappa shape index (κ1) is 10.9. The van der Waals surface area contributed by atoms with E-state index in [0.29, 0.717) is 10.9 Å². The zero-order valence-corrected chi connectivity index (χ0v) is 9.36. The normalized spacial score (nSPS) is 10.8. The van der Waals surface area contributed by atoms with Gasteiger partial charge in [0.2, 0.25) is 0 Å². The highest BCUT2D eigenvalue weighted by Crippen LogP contribution is 2.24. The largest absolute Gasteiger partial charge is 0.0843 e. The summed E-state index contributed by atoms with van der Waals surface area (Å²) in [7, 11) is 0. The predicted octanol–water partition coefficient (Wildman–Crippen LogP) is 4.59. The van der Waals surface area contributed by atoms with E-state index in [1.165, 1.54) is 0 Å². The van der Waals surface area contributed by atoms with Gasteiger partial charge in [-0.15, -0.1) is 0 Å². The number of benzene rings is 1. The van der Waals surface area contributed by atoms with Crippen LogP contribution >= 0.6 is 23.2 Å². The molecule has 0 aliphatic carbocycles. The van der Waals surface area contributed by atoms with Crippen molar-refractivity contribution >= 4 is 23.2 Å². The Bertz CT molecular complexity index is 279.